The molecule has 0 aliphatic rings. The molecule has 1 unspecified atom stereocenters. The van der Waals surface area contributed by atoms with Crippen molar-refractivity contribution in [2.45, 2.75) is 37.9 Å². The van der Waals surface area contributed by atoms with E-state index in [2.05, 4.69) is 15.9 Å². The summed E-state index contributed by atoms with van der Waals surface area (Å²) in [6, 6.07) is 1.69. The highest BCUT2D eigenvalue weighted by Crippen LogP contribution is 2.33. The summed E-state index contributed by atoms with van der Waals surface area (Å²) in [6.45, 7) is 8.03. The highest BCUT2D eigenvalue weighted by molar-refractivity contribution is 9.10. The van der Waals surface area contributed by atoms with Gasteiger partial charge in [0.1, 0.15) is 4.21 Å². The normalized spacial score (nSPS) is 15.2. The first-order valence-electron chi connectivity index (χ1n) is 5.29. The van der Waals surface area contributed by atoms with Gasteiger partial charge in [-0.3, -0.25) is 0 Å². The summed E-state index contributed by atoms with van der Waals surface area (Å²) in [4.78, 5) is 0. The first kappa shape index (κ1) is 15.1. The summed E-state index contributed by atoms with van der Waals surface area (Å²) in [5.74, 6) is 0. The topological polar surface area (TPSA) is 37.4 Å². The number of nitrogens with zero attached hydrogens (tertiary/aromatic N) is 1. The summed E-state index contributed by atoms with van der Waals surface area (Å²) in [6.07, 6.45) is 0. The molecule has 0 fully saturated rings. The van der Waals surface area contributed by atoms with Crippen LogP contribution in [0.2, 0.25) is 0 Å². The van der Waals surface area contributed by atoms with Gasteiger partial charge in [-0.25, -0.2) is 8.42 Å². The van der Waals surface area contributed by atoms with Gasteiger partial charge in [-0.1, -0.05) is 20.8 Å². The highest BCUT2D eigenvalue weighted by atomic mass is 79.9. The summed E-state index contributed by atoms with van der Waals surface area (Å²) in [5, 5.41) is 1.77. The molecule has 17 heavy (non-hydrogen) atoms. The molecule has 0 amide bonds. The van der Waals surface area contributed by atoms with Crippen molar-refractivity contribution in [3.63, 3.8) is 0 Å². The van der Waals surface area contributed by atoms with Crippen LogP contribution in [0.1, 0.15) is 27.7 Å². The zero-order valence-electron chi connectivity index (χ0n) is 10.7. The zero-order chi connectivity index (χ0) is 13.4. The minimum Gasteiger partial charge on any atom is -0.206 e. The Morgan fingerprint density at radius 1 is 1.41 bits per heavy atom. The first-order chi connectivity index (χ1) is 7.58. The van der Waals surface area contributed by atoms with Crippen LogP contribution in [-0.2, 0) is 10.0 Å². The fourth-order valence-corrected chi connectivity index (χ4v) is 5.37. The van der Waals surface area contributed by atoms with Gasteiger partial charge >= 0.3 is 0 Å². The number of hydrogen-bond donors (Lipinski definition) is 0. The number of halogens is 1. The van der Waals surface area contributed by atoms with Gasteiger partial charge in [-0.05, 0) is 39.7 Å². The molecule has 0 N–H and O–H groups in total. The Labute approximate surface area is 116 Å². The molecule has 0 bridgehead atoms. The lowest BCUT2D eigenvalue weighted by Crippen LogP contribution is -2.42. The Hall–Kier alpha value is 0.0900. The van der Waals surface area contributed by atoms with Crippen LogP contribution in [0.3, 0.4) is 0 Å². The lowest BCUT2D eigenvalue weighted by Gasteiger charge is -2.34. The molecule has 1 rings (SSSR count). The SMILES string of the molecule is CC(N(C)S(=O)(=O)c1sccc1Br)C(C)(C)C. The third kappa shape index (κ3) is 3.10. The van der Waals surface area contributed by atoms with Gasteiger partial charge in [0.15, 0.2) is 0 Å². The molecule has 6 heteroatoms. The van der Waals surface area contributed by atoms with Gasteiger partial charge in [-0.2, -0.15) is 4.31 Å². The zero-order valence-corrected chi connectivity index (χ0v) is 13.9. The molecule has 1 aromatic heterocycles. The molecule has 1 aromatic rings. The fourth-order valence-electron chi connectivity index (χ4n) is 1.35. The van der Waals surface area contributed by atoms with E-state index in [1.54, 1.807) is 18.5 Å². The third-order valence-corrected chi connectivity index (χ3v) is 7.57. The molecular weight excluding hydrogens is 322 g/mol. The van der Waals surface area contributed by atoms with Crippen molar-refractivity contribution in [3.05, 3.63) is 15.9 Å². The van der Waals surface area contributed by atoms with E-state index in [0.29, 0.717) is 8.68 Å². The fraction of sp³-hybridized carbons (Fsp3) is 0.636. The Balaban J connectivity index is 3.13. The second kappa shape index (κ2) is 4.99. The molecule has 0 aliphatic heterocycles. The molecule has 0 saturated carbocycles. The Morgan fingerprint density at radius 2 is 1.94 bits per heavy atom. The molecule has 0 saturated heterocycles. The van der Waals surface area contributed by atoms with E-state index in [1.807, 2.05) is 27.7 Å². The third-order valence-electron chi connectivity index (χ3n) is 3.00. The number of thiophene rings is 1. The molecule has 0 spiro atoms. The van der Waals surface area contributed by atoms with E-state index in [4.69, 9.17) is 0 Å². The van der Waals surface area contributed by atoms with Crippen molar-refractivity contribution in [1.29, 1.82) is 0 Å². The van der Waals surface area contributed by atoms with Gasteiger partial charge in [0.2, 0.25) is 0 Å². The molecule has 1 atom stereocenters. The monoisotopic (exact) mass is 339 g/mol. The maximum absolute atomic E-state index is 12.4. The summed E-state index contributed by atoms with van der Waals surface area (Å²) >= 11 is 4.51. The van der Waals surface area contributed by atoms with E-state index >= 15 is 0 Å². The molecule has 0 aromatic carbocycles. The van der Waals surface area contributed by atoms with Crippen LogP contribution in [0.4, 0.5) is 0 Å². The average Bonchev–Trinajstić information content (AvgIpc) is 2.61. The van der Waals surface area contributed by atoms with E-state index in [0.717, 1.165) is 0 Å². The van der Waals surface area contributed by atoms with Crippen molar-refractivity contribution in [2.24, 2.45) is 5.41 Å². The molecule has 0 aliphatic carbocycles. The molecule has 0 radical (unpaired) electrons. The quantitative estimate of drug-likeness (QED) is 0.844. The molecule has 1 heterocycles. The van der Waals surface area contributed by atoms with Crippen LogP contribution < -0.4 is 0 Å². The largest absolute Gasteiger partial charge is 0.253 e. The Bertz CT molecular complexity index is 488. The lowest BCUT2D eigenvalue weighted by molar-refractivity contribution is 0.216. The van der Waals surface area contributed by atoms with Crippen LogP contribution in [0.25, 0.3) is 0 Å². The predicted molar refractivity (Wildman–Crippen MR) is 75.9 cm³/mol. The van der Waals surface area contributed by atoms with Crippen LogP contribution in [0.5, 0.6) is 0 Å². The highest BCUT2D eigenvalue weighted by Gasteiger charge is 2.33. The second-order valence-electron chi connectivity index (χ2n) is 5.12. The van der Waals surface area contributed by atoms with Crippen molar-refractivity contribution in [2.75, 3.05) is 7.05 Å². The van der Waals surface area contributed by atoms with E-state index in [1.165, 1.54) is 15.6 Å². The van der Waals surface area contributed by atoms with Crippen LogP contribution in [0, 0.1) is 5.41 Å². The van der Waals surface area contributed by atoms with E-state index in [9.17, 15) is 8.42 Å². The van der Waals surface area contributed by atoms with Crippen molar-refractivity contribution < 1.29 is 8.42 Å². The molecular formula is C11H18BrNO2S2. The first-order valence-corrected chi connectivity index (χ1v) is 8.41. The van der Waals surface area contributed by atoms with Gasteiger partial charge in [0, 0.05) is 17.6 Å². The van der Waals surface area contributed by atoms with Crippen molar-refractivity contribution >= 4 is 37.3 Å². The van der Waals surface area contributed by atoms with Gasteiger partial charge in [-0.15, -0.1) is 11.3 Å². The Morgan fingerprint density at radius 3 is 2.29 bits per heavy atom. The van der Waals surface area contributed by atoms with E-state index < -0.39 is 10.0 Å². The minimum atomic E-state index is -3.40. The summed E-state index contributed by atoms with van der Waals surface area (Å²) in [7, 11) is -1.77. The number of sulfonamides is 1. The van der Waals surface area contributed by atoms with Gasteiger partial charge in [0.05, 0.1) is 0 Å². The lowest BCUT2D eigenvalue weighted by atomic mass is 9.88. The summed E-state index contributed by atoms with van der Waals surface area (Å²) in [5.41, 5.74) is -0.0917. The summed E-state index contributed by atoms with van der Waals surface area (Å²) < 4.78 is 27.3. The minimum absolute atomic E-state index is 0.0681. The molecule has 98 valence electrons. The average molecular weight is 340 g/mol. The maximum Gasteiger partial charge on any atom is 0.253 e. The van der Waals surface area contributed by atoms with E-state index in [-0.39, 0.29) is 11.5 Å². The maximum atomic E-state index is 12.4. The second-order valence-corrected chi connectivity index (χ2v) is 9.08. The Kier molecular flexibility index (Phi) is 4.45. The van der Waals surface area contributed by atoms with Gasteiger partial charge in [0.25, 0.3) is 10.0 Å². The standard InChI is InChI=1S/C11H18BrNO2S2/c1-8(11(2,3)4)13(5)17(14,15)10-9(12)6-7-16-10/h6-8H,1-5H3. The van der Waals surface area contributed by atoms with Crippen molar-refractivity contribution in [3.8, 4) is 0 Å². The predicted octanol–water partition coefficient (Wildman–Crippen LogP) is 3.57. The number of hydrogen-bond acceptors (Lipinski definition) is 3. The van der Waals surface area contributed by atoms with Crippen LogP contribution >= 0.6 is 27.3 Å². The molecule has 3 nitrogen and oxygen atoms in total. The van der Waals surface area contributed by atoms with Crippen LogP contribution in [-0.4, -0.2) is 25.8 Å². The van der Waals surface area contributed by atoms with Gasteiger partial charge < -0.3 is 0 Å². The smallest absolute Gasteiger partial charge is 0.206 e. The van der Waals surface area contributed by atoms with Crippen molar-refractivity contribution in [1.82, 2.24) is 4.31 Å². The van der Waals surface area contributed by atoms with Crippen LogP contribution in [0.15, 0.2) is 20.1 Å². The number of rotatable bonds is 3.